The number of hydrazone groups is 1. The molecule has 0 bridgehead atoms. The van der Waals surface area contributed by atoms with E-state index in [0.717, 1.165) is 11.4 Å². The minimum atomic E-state index is -0.0917. The second-order valence-corrected chi connectivity index (χ2v) is 2.71. The van der Waals surface area contributed by atoms with Crippen LogP contribution in [-0.4, -0.2) is 19.1 Å². The summed E-state index contributed by atoms with van der Waals surface area (Å²) in [6.45, 7) is 1.44. The Morgan fingerprint density at radius 1 is 1.43 bits per heavy atom. The van der Waals surface area contributed by atoms with Crippen LogP contribution in [0.3, 0.4) is 0 Å². The van der Waals surface area contributed by atoms with E-state index in [1.807, 2.05) is 24.3 Å². The molecule has 1 N–H and O–H groups in total. The molecule has 1 aromatic carbocycles. The highest BCUT2D eigenvalue weighted by atomic mass is 16.5. The van der Waals surface area contributed by atoms with Gasteiger partial charge in [-0.1, -0.05) is 0 Å². The Bertz CT molecular complexity index is 330. The molecule has 4 heteroatoms. The fourth-order valence-corrected chi connectivity index (χ4v) is 0.863. The van der Waals surface area contributed by atoms with E-state index in [-0.39, 0.29) is 5.78 Å². The predicted molar refractivity (Wildman–Crippen MR) is 55.8 cm³/mol. The summed E-state index contributed by atoms with van der Waals surface area (Å²) in [4.78, 5) is 10.5. The summed E-state index contributed by atoms with van der Waals surface area (Å²) >= 11 is 0. The molecule has 74 valence electrons. The van der Waals surface area contributed by atoms with Gasteiger partial charge in [0.2, 0.25) is 0 Å². The van der Waals surface area contributed by atoms with Crippen LogP contribution in [0.25, 0.3) is 0 Å². The van der Waals surface area contributed by atoms with Gasteiger partial charge in [0.1, 0.15) is 5.75 Å². The number of hydrogen-bond donors (Lipinski definition) is 1. The number of benzene rings is 1. The second-order valence-electron chi connectivity index (χ2n) is 2.71. The highest BCUT2D eigenvalue weighted by molar-refractivity contribution is 6.26. The van der Waals surface area contributed by atoms with Gasteiger partial charge in [-0.3, -0.25) is 10.2 Å². The van der Waals surface area contributed by atoms with E-state index in [1.54, 1.807) is 7.11 Å². The van der Waals surface area contributed by atoms with Crippen molar-refractivity contribution < 1.29 is 9.53 Å². The Kier molecular flexibility index (Phi) is 3.67. The molecular weight excluding hydrogens is 180 g/mol. The molecule has 4 nitrogen and oxygen atoms in total. The van der Waals surface area contributed by atoms with Crippen molar-refractivity contribution >= 4 is 17.7 Å². The number of carbonyl (C=O) groups excluding carboxylic acids is 1. The third-order valence-corrected chi connectivity index (χ3v) is 1.53. The van der Waals surface area contributed by atoms with Crippen LogP contribution in [0.4, 0.5) is 5.69 Å². The van der Waals surface area contributed by atoms with Crippen LogP contribution in [-0.2, 0) is 4.79 Å². The van der Waals surface area contributed by atoms with Crippen LogP contribution < -0.4 is 10.2 Å². The molecule has 0 aliphatic heterocycles. The number of Topliss-reactive ketones (excluding diaryl/α,β-unsaturated/α-hetero) is 1. The molecule has 0 aromatic heterocycles. The molecule has 0 fully saturated rings. The third-order valence-electron chi connectivity index (χ3n) is 1.53. The highest BCUT2D eigenvalue weighted by Crippen LogP contribution is 2.14. The highest BCUT2D eigenvalue weighted by Gasteiger charge is 1.91. The zero-order valence-corrected chi connectivity index (χ0v) is 8.15. The molecular formula is C10H12N2O2. The fourth-order valence-electron chi connectivity index (χ4n) is 0.863. The average molecular weight is 192 g/mol. The number of ketones is 1. The van der Waals surface area contributed by atoms with Crippen molar-refractivity contribution in [1.82, 2.24) is 0 Å². The summed E-state index contributed by atoms with van der Waals surface area (Å²) in [5, 5.41) is 3.73. The van der Waals surface area contributed by atoms with E-state index < -0.39 is 0 Å². The minimum Gasteiger partial charge on any atom is -0.497 e. The topological polar surface area (TPSA) is 50.7 Å². The van der Waals surface area contributed by atoms with Crippen molar-refractivity contribution in [2.24, 2.45) is 5.10 Å². The minimum absolute atomic E-state index is 0.0917. The summed E-state index contributed by atoms with van der Waals surface area (Å²) in [7, 11) is 1.61. The molecule has 1 aromatic rings. The average Bonchev–Trinajstić information content (AvgIpc) is 2.18. The summed E-state index contributed by atoms with van der Waals surface area (Å²) in [5.41, 5.74) is 3.53. The van der Waals surface area contributed by atoms with Gasteiger partial charge in [0.25, 0.3) is 0 Å². The number of anilines is 1. The molecule has 0 spiro atoms. The van der Waals surface area contributed by atoms with Gasteiger partial charge in [0.05, 0.1) is 19.0 Å². The number of ether oxygens (including phenoxy) is 1. The standard InChI is InChI=1S/C10H12N2O2/c1-8(13)7-11-12-9-3-5-10(14-2)6-4-9/h3-7,12H,1-2H3/b11-7+. The molecule has 0 atom stereocenters. The molecule has 0 saturated heterocycles. The van der Waals surface area contributed by atoms with Gasteiger partial charge in [-0.15, -0.1) is 0 Å². The Hall–Kier alpha value is -1.84. The number of nitrogens with one attached hydrogen (secondary N) is 1. The molecule has 0 aliphatic rings. The van der Waals surface area contributed by atoms with Gasteiger partial charge in [0.15, 0.2) is 5.78 Å². The number of carbonyl (C=O) groups is 1. The van der Waals surface area contributed by atoms with Gasteiger partial charge >= 0.3 is 0 Å². The number of nitrogens with zero attached hydrogens (tertiary/aromatic N) is 1. The van der Waals surface area contributed by atoms with Crippen molar-refractivity contribution in [3.05, 3.63) is 24.3 Å². The van der Waals surface area contributed by atoms with E-state index in [4.69, 9.17) is 4.74 Å². The second kappa shape index (κ2) is 5.01. The van der Waals surface area contributed by atoms with E-state index >= 15 is 0 Å². The lowest BCUT2D eigenvalue weighted by Gasteiger charge is -2.01. The maximum atomic E-state index is 10.5. The Morgan fingerprint density at radius 3 is 2.57 bits per heavy atom. The Balaban J connectivity index is 2.56. The van der Waals surface area contributed by atoms with E-state index in [9.17, 15) is 4.79 Å². The van der Waals surface area contributed by atoms with Crippen molar-refractivity contribution in [2.75, 3.05) is 12.5 Å². The van der Waals surface area contributed by atoms with Crippen molar-refractivity contribution in [3.63, 3.8) is 0 Å². The molecule has 0 saturated carbocycles. The van der Waals surface area contributed by atoms with Gasteiger partial charge in [-0.05, 0) is 24.3 Å². The molecule has 1 rings (SSSR count). The number of hydrogen-bond acceptors (Lipinski definition) is 4. The van der Waals surface area contributed by atoms with Crippen molar-refractivity contribution in [2.45, 2.75) is 6.92 Å². The number of methoxy groups -OCH3 is 1. The number of rotatable bonds is 4. The Labute approximate surface area is 82.6 Å². The van der Waals surface area contributed by atoms with Crippen molar-refractivity contribution in [1.29, 1.82) is 0 Å². The van der Waals surface area contributed by atoms with Crippen LogP contribution in [0, 0.1) is 0 Å². The first-order valence-corrected chi connectivity index (χ1v) is 4.16. The van der Waals surface area contributed by atoms with Crippen LogP contribution in [0.1, 0.15) is 6.92 Å². The van der Waals surface area contributed by atoms with Crippen LogP contribution in [0.15, 0.2) is 29.4 Å². The lowest BCUT2D eigenvalue weighted by molar-refractivity contribution is -0.110. The van der Waals surface area contributed by atoms with E-state index in [0.29, 0.717) is 0 Å². The van der Waals surface area contributed by atoms with E-state index in [2.05, 4.69) is 10.5 Å². The Morgan fingerprint density at radius 2 is 2.07 bits per heavy atom. The first-order valence-electron chi connectivity index (χ1n) is 4.16. The zero-order chi connectivity index (χ0) is 10.4. The molecule has 0 aliphatic carbocycles. The van der Waals surface area contributed by atoms with Crippen LogP contribution in [0.2, 0.25) is 0 Å². The van der Waals surface area contributed by atoms with Crippen LogP contribution >= 0.6 is 0 Å². The summed E-state index contributed by atoms with van der Waals surface area (Å²) in [6, 6.07) is 7.25. The molecule has 0 heterocycles. The maximum Gasteiger partial charge on any atom is 0.172 e. The fraction of sp³-hybridized carbons (Fsp3) is 0.200. The molecule has 0 amide bonds. The molecule has 0 unspecified atom stereocenters. The molecule has 14 heavy (non-hydrogen) atoms. The van der Waals surface area contributed by atoms with Crippen LogP contribution in [0.5, 0.6) is 5.75 Å². The quantitative estimate of drug-likeness (QED) is 0.583. The summed E-state index contributed by atoms with van der Waals surface area (Å²) < 4.78 is 4.99. The predicted octanol–water partition coefficient (Wildman–Crippen LogP) is 1.68. The van der Waals surface area contributed by atoms with Crippen molar-refractivity contribution in [3.8, 4) is 5.75 Å². The maximum absolute atomic E-state index is 10.5. The van der Waals surface area contributed by atoms with Gasteiger partial charge < -0.3 is 4.74 Å². The monoisotopic (exact) mass is 192 g/mol. The summed E-state index contributed by atoms with van der Waals surface area (Å²) in [6.07, 6.45) is 1.23. The first kappa shape index (κ1) is 10.2. The SMILES string of the molecule is COc1ccc(N/N=C/C(C)=O)cc1. The lowest BCUT2D eigenvalue weighted by atomic mass is 10.3. The van der Waals surface area contributed by atoms with Gasteiger partial charge in [-0.2, -0.15) is 5.10 Å². The lowest BCUT2D eigenvalue weighted by Crippen LogP contribution is -1.95. The van der Waals surface area contributed by atoms with E-state index in [1.165, 1.54) is 13.1 Å². The first-order chi connectivity index (χ1) is 6.72. The third kappa shape index (κ3) is 3.26. The van der Waals surface area contributed by atoms with Gasteiger partial charge in [-0.25, -0.2) is 0 Å². The smallest absolute Gasteiger partial charge is 0.172 e. The largest absolute Gasteiger partial charge is 0.497 e. The van der Waals surface area contributed by atoms with Gasteiger partial charge in [0, 0.05) is 6.92 Å². The normalized spacial score (nSPS) is 10.1. The molecule has 0 radical (unpaired) electrons. The summed E-state index contributed by atoms with van der Waals surface area (Å²) in [5.74, 6) is 0.692. The zero-order valence-electron chi connectivity index (χ0n) is 8.15.